The molecule has 2 saturated heterocycles. The van der Waals surface area contributed by atoms with E-state index in [1.807, 2.05) is 12.1 Å². The van der Waals surface area contributed by atoms with Crippen molar-refractivity contribution in [1.29, 1.82) is 0 Å². The number of hydrogen-bond acceptors (Lipinski definition) is 4. The number of carbonyl (C=O) groups is 2. The number of ether oxygens (including phenoxy) is 1. The predicted molar refractivity (Wildman–Crippen MR) is 140 cm³/mol. The monoisotopic (exact) mass is 493 g/mol. The first-order chi connectivity index (χ1) is 16.7. The van der Waals surface area contributed by atoms with Gasteiger partial charge >= 0.3 is 0 Å². The third-order valence-corrected chi connectivity index (χ3v) is 7.54. The van der Waals surface area contributed by atoms with Crippen LogP contribution in [0.4, 0.5) is 11.4 Å². The highest BCUT2D eigenvalue weighted by Gasteiger charge is 2.41. The molecule has 2 aromatic rings. The number of hydrogen-bond donors (Lipinski definition) is 1. The van der Waals surface area contributed by atoms with E-state index in [0.29, 0.717) is 29.4 Å². The van der Waals surface area contributed by atoms with Gasteiger partial charge in [0.25, 0.3) is 0 Å². The number of carbonyl (C=O) groups excluding carboxylic acids is 2. The van der Waals surface area contributed by atoms with Crippen molar-refractivity contribution in [3.05, 3.63) is 58.1 Å². The van der Waals surface area contributed by atoms with Crippen molar-refractivity contribution in [2.45, 2.75) is 58.1 Å². The Morgan fingerprint density at radius 3 is 2.60 bits per heavy atom. The van der Waals surface area contributed by atoms with Gasteiger partial charge < -0.3 is 19.9 Å². The van der Waals surface area contributed by atoms with Crippen molar-refractivity contribution >= 4 is 40.9 Å². The number of fused-ring (bicyclic) bond motifs is 1. The molecule has 0 radical (unpaired) electrons. The van der Waals surface area contributed by atoms with Crippen LogP contribution in [-0.2, 0) is 9.59 Å². The lowest BCUT2D eigenvalue weighted by Gasteiger charge is -2.34. The first-order valence-electron chi connectivity index (χ1n) is 12.4. The number of halogens is 1. The summed E-state index contributed by atoms with van der Waals surface area (Å²) in [5.41, 5.74) is 4.75. The Morgan fingerprint density at radius 2 is 1.86 bits per heavy atom. The highest BCUT2D eigenvalue weighted by Crippen LogP contribution is 2.43. The third-order valence-electron chi connectivity index (χ3n) is 7.26. The van der Waals surface area contributed by atoms with Gasteiger partial charge in [-0.15, -0.1) is 0 Å². The predicted octanol–water partition coefficient (Wildman–Crippen LogP) is 5.35. The van der Waals surface area contributed by atoms with Crippen molar-refractivity contribution < 1.29 is 14.3 Å². The SMILES string of the molecule is CC(=O)N1CCCC[C@@H]1C(=O)Nc1cc(Cl)c2c(c1)C=CC1(CCN(c3cc(C)cc(C)c3)C1)O2. The van der Waals surface area contributed by atoms with Gasteiger partial charge in [-0.2, -0.15) is 0 Å². The Balaban J connectivity index is 1.32. The van der Waals surface area contributed by atoms with E-state index in [-0.39, 0.29) is 11.8 Å². The summed E-state index contributed by atoms with van der Waals surface area (Å²) in [6.07, 6.45) is 7.58. The fourth-order valence-corrected chi connectivity index (χ4v) is 5.85. The van der Waals surface area contributed by atoms with Crippen LogP contribution >= 0.6 is 11.6 Å². The van der Waals surface area contributed by atoms with E-state index in [9.17, 15) is 9.59 Å². The smallest absolute Gasteiger partial charge is 0.247 e. The van der Waals surface area contributed by atoms with Crippen LogP contribution in [0.1, 0.15) is 49.3 Å². The summed E-state index contributed by atoms with van der Waals surface area (Å²) in [6, 6.07) is 9.80. The minimum Gasteiger partial charge on any atom is -0.479 e. The van der Waals surface area contributed by atoms with E-state index in [0.717, 1.165) is 37.9 Å². The van der Waals surface area contributed by atoms with Gasteiger partial charge in [0, 0.05) is 43.4 Å². The molecule has 2 fully saturated rings. The van der Waals surface area contributed by atoms with Crippen LogP contribution in [-0.4, -0.2) is 48.0 Å². The van der Waals surface area contributed by atoms with E-state index in [1.54, 1.807) is 11.0 Å². The molecule has 0 saturated carbocycles. The number of nitrogens with zero attached hydrogens (tertiary/aromatic N) is 2. The van der Waals surface area contributed by atoms with Gasteiger partial charge in [-0.25, -0.2) is 0 Å². The fraction of sp³-hybridized carbons (Fsp3) is 0.429. The number of amides is 2. The zero-order chi connectivity index (χ0) is 24.7. The Hall–Kier alpha value is -2.99. The van der Waals surface area contributed by atoms with E-state index in [2.05, 4.69) is 48.3 Å². The molecule has 1 spiro atoms. The van der Waals surface area contributed by atoms with E-state index >= 15 is 0 Å². The van der Waals surface area contributed by atoms with Gasteiger partial charge in [-0.1, -0.05) is 23.7 Å². The first kappa shape index (κ1) is 23.7. The molecule has 2 amide bonds. The van der Waals surface area contributed by atoms with E-state index in [4.69, 9.17) is 16.3 Å². The van der Waals surface area contributed by atoms with Crippen LogP contribution < -0.4 is 15.0 Å². The van der Waals surface area contributed by atoms with Gasteiger partial charge in [0.1, 0.15) is 17.4 Å². The Kier molecular flexibility index (Phi) is 6.26. The molecule has 2 atom stereocenters. The second kappa shape index (κ2) is 9.23. The molecule has 0 aliphatic carbocycles. The highest BCUT2D eigenvalue weighted by molar-refractivity contribution is 6.32. The van der Waals surface area contributed by atoms with Crippen LogP contribution in [0.5, 0.6) is 5.75 Å². The van der Waals surface area contributed by atoms with E-state index < -0.39 is 11.6 Å². The maximum atomic E-state index is 13.0. The molecule has 35 heavy (non-hydrogen) atoms. The summed E-state index contributed by atoms with van der Waals surface area (Å²) in [6.45, 7) is 8.04. The number of nitrogens with one attached hydrogen (secondary N) is 1. The molecule has 184 valence electrons. The molecule has 5 rings (SSSR count). The maximum Gasteiger partial charge on any atom is 0.247 e. The molecule has 3 aliphatic rings. The lowest BCUT2D eigenvalue weighted by Crippen LogP contribution is -2.49. The largest absolute Gasteiger partial charge is 0.479 e. The molecule has 3 heterocycles. The lowest BCUT2D eigenvalue weighted by molar-refractivity contribution is -0.138. The molecule has 1 N–H and O–H groups in total. The molecular weight excluding hydrogens is 462 g/mol. The number of likely N-dealkylation sites (tertiary alicyclic amines) is 1. The summed E-state index contributed by atoms with van der Waals surface area (Å²) >= 11 is 6.66. The normalized spacial score (nSPS) is 23.3. The van der Waals surface area contributed by atoms with Crippen LogP contribution in [0.25, 0.3) is 6.08 Å². The molecular formula is C28H32ClN3O3. The molecule has 2 aromatic carbocycles. The topological polar surface area (TPSA) is 61.9 Å². The third kappa shape index (κ3) is 4.76. The Bertz CT molecular complexity index is 1190. The van der Waals surface area contributed by atoms with Crippen molar-refractivity contribution in [3.8, 4) is 5.75 Å². The van der Waals surface area contributed by atoms with Crippen molar-refractivity contribution in [1.82, 2.24) is 4.90 Å². The summed E-state index contributed by atoms with van der Waals surface area (Å²) < 4.78 is 6.52. The number of rotatable bonds is 3. The Labute approximate surface area is 211 Å². The minimum absolute atomic E-state index is 0.0682. The summed E-state index contributed by atoms with van der Waals surface area (Å²) in [7, 11) is 0. The highest BCUT2D eigenvalue weighted by atomic mass is 35.5. The summed E-state index contributed by atoms with van der Waals surface area (Å²) in [4.78, 5) is 29.0. The molecule has 3 aliphatic heterocycles. The molecule has 0 aromatic heterocycles. The van der Waals surface area contributed by atoms with Gasteiger partial charge in [0.2, 0.25) is 11.8 Å². The summed E-state index contributed by atoms with van der Waals surface area (Å²) in [5, 5.41) is 3.44. The fourth-order valence-electron chi connectivity index (χ4n) is 5.58. The number of piperidine rings is 1. The summed E-state index contributed by atoms with van der Waals surface area (Å²) in [5.74, 6) is 0.409. The zero-order valence-electron chi connectivity index (χ0n) is 20.6. The van der Waals surface area contributed by atoms with Gasteiger partial charge in [-0.3, -0.25) is 9.59 Å². The van der Waals surface area contributed by atoms with E-state index in [1.165, 1.54) is 23.7 Å². The van der Waals surface area contributed by atoms with Crippen LogP contribution in [0.3, 0.4) is 0 Å². The minimum atomic E-state index is -0.444. The van der Waals surface area contributed by atoms with Crippen LogP contribution in [0.15, 0.2) is 36.4 Å². The standard InChI is InChI=1S/C28H32ClN3O3/c1-18-12-19(2)14-23(13-18)31-11-9-28(17-31)8-7-21-15-22(16-24(29)26(21)35-28)30-27(34)25-6-4-5-10-32(25)20(3)33/h7-8,12-16,25H,4-6,9-11,17H2,1-3H3,(H,30,34)/t25-,28?/m1/s1. The average molecular weight is 494 g/mol. The molecule has 0 bridgehead atoms. The van der Waals surface area contributed by atoms with Gasteiger partial charge in [-0.05, 0) is 74.6 Å². The number of aryl methyl sites for hydroxylation is 2. The first-order valence-corrected chi connectivity index (χ1v) is 12.7. The van der Waals surface area contributed by atoms with Gasteiger partial charge in [0.05, 0.1) is 11.6 Å². The molecule has 7 heteroatoms. The number of anilines is 2. The van der Waals surface area contributed by atoms with Crippen molar-refractivity contribution in [3.63, 3.8) is 0 Å². The lowest BCUT2D eigenvalue weighted by atomic mass is 9.97. The van der Waals surface area contributed by atoms with Crippen LogP contribution in [0.2, 0.25) is 5.02 Å². The average Bonchev–Trinajstić information content (AvgIpc) is 3.22. The Morgan fingerprint density at radius 1 is 1.09 bits per heavy atom. The van der Waals surface area contributed by atoms with Crippen molar-refractivity contribution in [2.75, 3.05) is 29.9 Å². The van der Waals surface area contributed by atoms with Gasteiger partial charge in [0.15, 0.2) is 0 Å². The molecule has 1 unspecified atom stereocenters. The zero-order valence-corrected chi connectivity index (χ0v) is 21.3. The van der Waals surface area contributed by atoms with Crippen molar-refractivity contribution in [2.24, 2.45) is 0 Å². The maximum absolute atomic E-state index is 13.0. The van der Waals surface area contributed by atoms with Crippen LogP contribution in [0, 0.1) is 13.8 Å². The quantitative estimate of drug-likeness (QED) is 0.626. The number of benzene rings is 2. The second-order valence-corrected chi connectivity index (χ2v) is 10.5. The molecule has 6 nitrogen and oxygen atoms in total. The second-order valence-electron chi connectivity index (χ2n) is 10.1.